The van der Waals surface area contributed by atoms with Crippen LogP contribution in [0, 0.1) is 0 Å². The van der Waals surface area contributed by atoms with Crippen molar-refractivity contribution in [3.63, 3.8) is 0 Å². The molecule has 0 saturated carbocycles. The molecule has 8 heteroatoms. The summed E-state index contributed by atoms with van der Waals surface area (Å²) in [5.41, 5.74) is -0.277. The van der Waals surface area contributed by atoms with E-state index in [0.717, 1.165) is 4.47 Å². The van der Waals surface area contributed by atoms with Gasteiger partial charge in [0, 0.05) is 19.0 Å². The molecule has 0 spiro atoms. The highest BCUT2D eigenvalue weighted by Gasteiger charge is 2.24. The third-order valence-corrected chi connectivity index (χ3v) is 4.00. The maximum absolute atomic E-state index is 11.9. The number of rotatable bonds is 4. The average molecular weight is 473 g/mol. The van der Waals surface area contributed by atoms with E-state index < -0.39 is 17.5 Å². The Hall–Kier alpha value is -0.600. The van der Waals surface area contributed by atoms with Crippen molar-refractivity contribution in [2.24, 2.45) is 0 Å². The molecule has 0 aliphatic rings. The van der Waals surface area contributed by atoms with Gasteiger partial charge in [-0.3, -0.25) is 4.79 Å². The molecule has 20 heavy (non-hydrogen) atoms. The van der Waals surface area contributed by atoms with Crippen molar-refractivity contribution in [3.8, 4) is 0 Å². The molecule has 0 unspecified atom stereocenters. The lowest BCUT2D eigenvalue weighted by Crippen LogP contribution is -2.46. The maximum Gasteiger partial charge on any atom is 0.319 e. The second kappa shape index (κ2) is 6.91. The van der Waals surface area contributed by atoms with Gasteiger partial charge in [-0.25, -0.2) is 4.79 Å². The van der Waals surface area contributed by atoms with Crippen LogP contribution in [0.25, 0.3) is 0 Å². The Kier molecular flexibility index (Phi) is 6.03. The van der Waals surface area contributed by atoms with Gasteiger partial charge in [0.15, 0.2) is 0 Å². The Morgan fingerprint density at radius 2 is 1.70 bits per heavy atom. The molecule has 1 aromatic rings. The fourth-order valence-electron chi connectivity index (χ4n) is 1.54. The van der Waals surface area contributed by atoms with Gasteiger partial charge in [-0.2, -0.15) is 0 Å². The SMILES string of the molecule is CC(C)(CC(=O)O)NC(=O)Nc1c(Br)cc(Br)cc1Br. The third-order valence-electron chi connectivity index (χ3n) is 2.29. The Morgan fingerprint density at radius 3 is 2.15 bits per heavy atom. The molecule has 0 radical (unpaired) electrons. The number of nitrogens with one attached hydrogen (secondary N) is 2. The number of benzene rings is 1. The number of anilines is 1. The van der Waals surface area contributed by atoms with Crippen molar-refractivity contribution in [2.45, 2.75) is 25.8 Å². The molecule has 1 aromatic carbocycles. The summed E-state index contributed by atoms with van der Waals surface area (Å²) in [6.45, 7) is 3.29. The van der Waals surface area contributed by atoms with E-state index in [1.807, 2.05) is 0 Å². The van der Waals surface area contributed by atoms with Gasteiger partial charge in [-0.1, -0.05) is 15.9 Å². The number of amides is 2. The summed E-state index contributed by atoms with van der Waals surface area (Å²) in [6, 6.07) is 3.12. The Morgan fingerprint density at radius 1 is 1.20 bits per heavy atom. The molecule has 2 amide bonds. The molecule has 0 aliphatic heterocycles. The van der Waals surface area contributed by atoms with Crippen molar-refractivity contribution in [1.29, 1.82) is 0 Å². The number of urea groups is 1. The van der Waals surface area contributed by atoms with E-state index in [4.69, 9.17) is 5.11 Å². The minimum Gasteiger partial charge on any atom is -0.481 e. The van der Waals surface area contributed by atoms with Gasteiger partial charge in [0.2, 0.25) is 0 Å². The largest absolute Gasteiger partial charge is 0.481 e. The fourth-order valence-corrected chi connectivity index (χ4v) is 3.99. The summed E-state index contributed by atoms with van der Waals surface area (Å²) >= 11 is 10.0. The predicted octanol–water partition coefficient (Wildman–Crippen LogP) is 4.35. The lowest BCUT2D eigenvalue weighted by molar-refractivity contribution is -0.138. The van der Waals surface area contributed by atoms with E-state index in [1.165, 1.54) is 0 Å². The van der Waals surface area contributed by atoms with Crippen molar-refractivity contribution < 1.29 is 14.7 Å². The molecule has 5 nitrogen and oxygen atoms in total. The highest BCUT2D eigenvalue weighted by Crippen LogP contribution is 2.34. The van der Waals surface area contributed by atoms with Crippen molar-refractivity contribution in [1.82, 2.24) is 5.32 Å². The lowest BCUT2D eigenvalue weighted by atomic mass is 10.0. The zero-order valence-electron chi connectivity index (χ0n) is 10.8. The number of carbonyl (C=O) groups is 2. The van der Waals surface area contributed by atoms with E-state index in [-0.39, 0.29) is 6.42 Å². The smallest absolute Gasteiger partial charge is 0.319 e. The van der Waals surface area contributed by atoms with Crippen LogP contribution in [0.15, 0.2) is 25.6 Å². The van der Waals surface area contributed by atoms with Gasteiger partial charge in [-0.05, 0) is 57.8 Å². The van der Waals surface area contributed by atoms with Crippen LogP contribution >= 0.6 is 47.8 Å². The van der Waals surface area contributed by atoms with E-state index >= 15 is 0 Å². The van der Waals surface area contributed by atoms with Gasteiger partial charge < -0.3 is 15.7 Å². The van der Waals surface area contributed by atoms with Gasteiger partial charge >= 0.3 is 12.0 Å². The van der Waals surface area contributed by atoms with E-state index in [9.17, 15) is 9.59 Å². The number of hydrogen-bond acceptors (Lipinski definition) is 2. The highest BCUT2D eigenvalue weighted by atomic mass is 79.9. The summed E-state index contributed by atoms with van der Waals surface area (Å²) in [4.78, 5) is 22.6. The van der Waals surface area contributed by atoms with Crippen LogP contribution < -0.4 is 10.6 Å². The molecule has 0 atom stereocenters. The third kappa shape index (κ3) is 5.41. The van der Waals surface area contributed by atoms with Crippen molar-refractivity contribution >= 4 is 65.5 Å². The Bertz CT molecular complexity index is 524. The zero-order chi connectivity index (χ0) is 15.5. The van der Waals surface area contributed by atoms with Crippen LogP contribution in [0.4, 0.5) is 10.5 Å². The quantitative estimate of drug-likeness (QED) is 0.609. The van der Waals surface area contributed by atoms with Crippen molar-refractivity contribution in [2.75, 3.05) is 5.32 Å². The predicted molar refractivity (Wildman–Crippen MR) is 88.0 cm³/mol. The molecule has 0 fully saturated rings. The summed E-state index contributed by atoms with van der Waals surface area (Å²) in [5, 5.41) is 14.1. The van der Waals surface area contributed by atoms with Crippen LogP contribution in [-0.4, -0.2) is 22.6 Å². The number of carboxylic acid groups (broad SMARTS) is 1. The maximum atomic E-state index is 11.9. The first-order valence-electron chi connectivity index (χ1n) is 5.56. The summed E-state index contributed by atoms with van der Waals surface area (Å²) in [7, 11) is 0. The normalized spacial score (nSPS) is 11.1. The fraction of sp³-hybridized carbons (Fsp3) is 0.333. The van der Waals surface area contributed by atoms with Crippen LogP contribution in [-0.2, 0) is 4.79 Å². The van der Waals surface area contributed by atoms with E-state index in [2.05, 4.69) is 58.4 Å². The van der Waals surface area contributed by atoms with Gasteiger partial charge in [0.05, 0.1) is 12.1 Å². The molecule has 0 bridgehead atoms. The lowest BCUT2D eigenvalue weighted by Gasteiger charge is -2.24. The Balaban J connectivity index is 2.79. The van der Waals surface area contributed by atoms with E-state index in [1.54, 1.807) is 26.0 Å². The number of carboxylic acids is 1. The number of halogens is 3. The van der Waals surface area contributed by atoms with E-state index in [0.29, 0.717) is 14.6 Å². The number of aliphatic carboxylic acids is 1. The first kappa shape index (κ1) is 17.5. The molecule has 3 N–H and O–H groups in total. The van der Waals surface area contributed by atoms with Gasteiger partial charge in [-0.15, -0.1) is 0 Å². The monoisotopic (exact) mass is 470 g/mol. The first-order valence-corrected chi connectivity index (χ1v) is 7.94. The number of carbonyl (C=O) groups excluding carboxylic acids is 1. The highest BCUT2D eigenvalue weighted by molar-refractivity contribution is 9.11. The average Bonchev–Trinajstić information content (AvgIpc) is 2.20. The molecule has 0 aromatic heterocycles. The molecule has 1 rings (SSSR count). The molecular weight excluding hydrogens is 460 g/mol. The van der Waals surface area contributed by atoms with Crippen LogP contribution in [0.2, 0.25) is 0 Å². The molecule has 0 heterocycles. The standard InChI is InChI=1S/C12H13Br3N2O3/c1-12(2,5-9(18)19)17-11(20)16-10-7(14)3-6(13)4-8(10)15/h3-4H,5H2,1-2H3,(H,18,19)(H2,16,17,20). The molecule has 0 aliphatic carbocycles. The van der Waals surface area contributed by atoms with Gasteiger partial charge in [0.25, 0.3) is 0 Å². The van der Waals surface area contributed by atoms with Gasteiger partial charge in [0.1, 0.15) is 0 Å². The summed E-state index contributed by atoms with van der Waals surface area (Å²) in [6.07, 6.45) is -0.164. The first-order chi connectivity index (χ1) is 9.10. The minimum atomic E-state index is -0.971. The minimum absolute atomic E-state index is 0.164. The summed E-state index contributed by atoms with van der Waals surface area (Å²) < 4.78 is 2.25. The Labute approximate surface area is 141 Å². The number of hydrogen-bond donors (Lipinski definition) is 3. The van der Waals surface area contributed by atoms with Crippen LogP contribution in [0.3, 0.4) is 0 Å². The zero-order valence-corrected chi connectivity index (χ0v) is 15.5. The van der Waals surface area contributed by atoms with Crippen LogP contribution in [0.5, 0.6) is 0 Å². The second-order valence-corrected chi connectivity index (χ2v) is 7.40. The molecular formula is C12H13Br3N2O3. The van der Waals surface area contributed by atoms with Crippen molar-refractivity contribution in [3.05, 3.63) is 25.6 Å². The molecule has 110 valence electrons. The van der Waals surface area contributed by atoms with Crippen LogP contribution in [0.1, 0.15) is 20.3 Å². The summed E-state index contributed by atoms with van der Waals surface area (Å²) in [5.74, 6) is -0.971. The molecule has 0 saturated heterocycles. The second-order valence-electron chi connectivity index (χ2n) is 4.78. The topological polar surface area (TPSA) is 78.4 Å².